The van der Waals surface area contributed by atoms with Crippen molar-refractivity contribution in [2.24, 2.45) is 5.41 Å². The molecule has 3 aliphatic rings. The quantitative estimate of drug-likeness (QED) is 0.440. The van der Waals surface area contributed by atoms with Crippen molar-refractivity contribution < 1.29 is 22.2 Å². The number of carbonyl (C=O) groups excluding carboxylic acids is 2. The number of benzene rings is 3. The molecular weight excluding hydrogens is 498 g/mol. The Kier molecular flexibility index (Phi) is 5.47. The summed E-state index contributed by atoms with van der Waals surface area (Å²) in [5.74, 6) is -0.470. The maximum atomic E-state index is 13.6. The van der Waals surface area contributed by atoms with Crippen molar-refractivity contribution in [1.29, 1.82) is 0 Å². The van der Waals surface area contributed by atoms with Crippen molar-refractivity contribution >= 4 is 27.4 Å². The largest absolute Gasteiger partial charge is 0.379 e. The molecule has 0 fully saturated rings. The molecule has 1 N–H and O–H groups in total. The van der Waals surface area contributed by atoms with E-state index in [0.717, 1.165) is 28.1 Å². The molecule has 3 aromatic rings. The molecule has 0 bridgehead atoms. The lowest BCUT2D eigenvalue weighted by atomic mass is 9.68. The van der Waals surface area contributed by atoms with Gasteiger partial charge in [0.1, 0.15) is 10.6 Å². The molecule has 1 unspecified atom stereocenters. The maximum absolute atomic E-state index is 13.6. The van der Waals surface area contributed by atoms with Crippen molar-refractivity contribution in [1.82, 2.24) is 5.32 Å². The molecule has 3 aromatic carbocycles. The Balaban J connectivity index is 1.40. The van der Waals surface area contributed by atoms with Gasteiger partial charge in [0.2, 0.25) is 0 Å². The van der Waals surface area contributed by atoms with Crippen LogP contribution in [0.4, 0.5) is 0 Å². The summed E-state index contributed by atoms with van der Waals surface area (Å²) in [6.45, 7) is 6.03. The summed E-state index contributed by atoms with van der Waals surface area (Å²) in [5, 5.41) is 3.47. The fourth-order valence-corrected chi connectivity index (χ4v) is 6.65. The Morgan fingerprint density at radius 3 is 2.18 bits per heavy atom. The molecule has 1 atom stereocenters. The lowest BCUT2D eigenvalue weighted by Gasteiger charge is -2.39. The Labute approximate surface area is 222 Å². The predicted molar refractivity (Wildman–Crippen MR) is 144 cm³/mol. The molecule has 6 rings (SSSR count). The number of rotatable bonds is 4. The zero-order valence-corrected chi connectivity index (χ0v) is 22.2. The predicted octanol–water partition coefficient (Wildman–Crippen LogP) is 5.70. The minimum atomic E-state index is -4.00. The van der Waals surface area contributed by atoms with Crippen LogP contribution in [0.1, 0.15) is 59.7 Å². The summed E-state index contributed by atoms with van der Waals surface area (Å²) in [6, 6.07) is 20.6. The number of Topliss-reactive ketones (excluding diaryl/α,β-unsaturated/α-hetero) is 2. The van der Waals surface area contributed by atoms with E-state index in [0.29, 0.717) is 29.6 Å². The second-order valence-corrected chi connectivity index (χ2v) is 12.5. The van der Waals surface area contributed by atoms with Gasteiger partial charge >= 0.3 is 10.1 Å². The molecular formula is C31H27NO5S. The van der Waals surface area contributed by atoms with Gasteiger partial charge in [-0.2, -0.15) is 8.42 Å². The number of carbonyl (C=O) groups is 2. The first-order valence-electron chi connectivity index (χ1n) is 12.6. The zero-order valence-electron chi connectivity index (χ0n) is 21.4. The fraction of sp³-hybridized carbons (Fsp3) is 0.226. The number of hydrogen-bond acceptors (Lipinski definition) is 6. The van der Waals surface area contributed by atoms with Crippen LogP contribution in [0.25, 0.3) is 5.70 Å². The van der Waals surface area contributed by atoms with Crippen LogP contribution in [0.5, 0.6) is 5.75 Å². The molecule has 7 heteroatoms. The smallest absolute Gasteiger partial charge is 0.339 e. The second kappa shape index (κ2) is 8.53. The van der Waals surface area contributed by atoms with Crippen LogP contribution in [0, 0.1) is 12.3 Å². The molecule has 2 aliphatic carbocycles. The van der Waals surface area contributed by atoms with E-state index in [1.54, 1.807) is 36.4 Å². The minimum absolute atomic E-state index is 0.0198. The fourth-order valence-electron chi connectivity index (χ4n) is 5.72. The highest BCUT2D eigenvalue weighted by atomic mass is 32.2. The first kappa shape index (κ1) is 24.4. The van der Waals surface area contributed by atoms with E-state index < -0.39 is 16.0 Å². The number of aryl methyl sites for hydroxylation is 1. The average Bonchev–Trinajstić information content (AvgIpc) is 3.14. The summed E-state index contributed by atoms with van der Waals surface area (Å²) in [4.78, 5) is 27.2. The molecule has 1 aliphatic heterocycles. The van der Waals surface area contributed by atoms with Gasteiger partial charge in [0.25, 0.3) is 0 Å². The number of hydrogen-bond donors (Lipinski definition) is 1. The van der Waals surface area contributed by atoms with Gasteiger partial charge in [0.05, 0.1) is 5.70 Å². The van der Waals surface area contributed by atoms with Crippen molar-refractivity contribution in [3.05, 3.63) is 112 Å². The van der Waals surface area contributed by atoms with Gasteiger partial charge in [-0.1, -0.05) is 67.9 Å². The second-order valence-electron chi connectivity index (χ2n) is 11.0. The van der Waals surface area contributed by atoms with Crippen LogP contribution in [0.2, 0.25) is 0 Å². The van der Waals surface area contributed by atoms with Crippen LogP contribution in [-0.2, 0) is 14.9 Å². The van der Waals surface area contributed by atoms with Gasteiger partial charge < -0.3 is 9.50 Å². The van der Waals surface area contributed by atoms with Crippen LogP contribution in [0.15, 0.2) is 94.5 Å². The maximum Gasteiger partial charge on any atom is 0.339 e. The Morgan fingerprint density at radius 1 is 0.842 bits per heavy atom. The molecule has 1 heterocycles. The van der Waals surface area contributed by atoms with E-state index in [-0.39, 0.29) is 27.6 Å². The monoisotopic (exact) mass is 525 g/mol. The Bertz CT molecular complexity index is 1680. The van der Waals surface area contributed by atoms with Crippen molar-refractivity contribution in [3.8, 4) is 5.75 Å². The summed E-state index contributed by atoms with van der Waals surface area (Å²) >= 11 is 0. The molecule has 192 valence electrons. The van der Waals surface area contributed by atoms with Crippen LogP contribution < -0.4 is 9.50 Å². The lowest BCUT2D eigenvalue weighted by Crippen LogP contribution is -2.37. The minimum Gasteiger partial charge on any atom is -0.379 e. The normalized spacial score (nSPS) is 20.0. The number of fused-ring (bicyclic) bond motifs is 2. The average molecular weight is 526 g/mol. The van der Waals surface area contributed by atoms with Crippen molar-refractivity contribution in [2.45, 2.75) is 44.4 Å². The number of allylic oxidation sites excluding steroid dienone is 3. The number of dihydropyridines is 1. The summed E-state index contributed by atoms with van der Waals surface area (Å²) in [5.41, 5.74) is 5.71. The molecule has 0 radical (unpaired) electrons. The molecule has 0 spiro atoms. The third-order valence-corrected chi connectivity index (χ3v) is 8.72. The zero-order chi connectivity index (χ0) is 26.8. The third kappa shape index (κ3) is 3.98. The Morgan fingerprint density at radius 2 is 1.50 bits per heavy atom. The van der Waals surface area contributed by atoms with E-state index >= 15 is 0 Å². The SMILES string of the molecule is Cc1ccc(S(=O)(=O)Oc2ccc(C3C4=C(CC(C)(C)CC4=O)NC4=C3C(=O)c3ccccc34)cc2)cc1. The van der Waals surface area contributed by atoms with E-state index in [1.165, 1.54) is 12.1 Å². The number of nitrogens with one attached hydrogen (secondary N) is 1. The highest BCUT2D eigenvalue weighted by Gasteiger charge is 2.46. The summed E-state index contributed by atoms with van der Waals surface area (Å²) in [7, 11) is -4.00. The van der Waals surface area contributed by atoms with E-state index in [9.17, 15) is 18.0 Å². The molecule has 38 heavy (non-hydrogen) atoms. The topological polar surface area (TPSA) is 89.5 Å². The first-order valence-corrected chi connectivity index (χ1v) is 14.0. The van der Waals surface area contributed by atoms with Gasteiger partial charge in [0, 0.05) is 40.3 Å². The van der Waals surface area contributed by atoms with Crippen molar-refractivity contribution in [3.63, 3.8) is 0 Å². The summed E-state index contributed by atoms with van der Waals surface area (Å²) in [6.07, 6.45) is 1.08. The van der Waals surface area contributed by atoms with Gasteiger partial charge in [-0.3, -0.25) is 9.59 Å². The lowest BCUT2D eigenvalue weighted by molar-refractivity contribution is -0.118. The van der Waals surface area contributed by atoms with Gasteiger partial charge in [-0.05, 0) is 48.6 Å². The molecule has 6 nitrogen and oxygen atoms in total. The molecule has 0 saturated carbocycles. The third-order valence-electron chi connectivity index (χ3n) is 7.46. The first-order chi connectivity index (χ1) is 18.0. The highest BCUT2D eigenvalue weighted by Crippen LogP contribution is 2.51. The molecule has 0 amide bonds. The summed E-state index contributed by atoms with van der Waals surface area (Å²) < 4.78 is 30.9. The Hall–Kier alpha value is -3.97. The standard InChI is InChI=1S/C31H27NO5S/c1-18-8-14-21(15-9-18)38(35,36)37-20-12-10-19(11-13-20)26-27-24(16-31(2,3)17-25(27)33)32-29-22-6-4-5-7-23(22)30(34)28(26)29/h4-15,26,32H,16-17H2,1-3H3. The molecule has 0 saturated heterocycles. The van der Waals surface area contributed by atoms with Crippen molar-refractivity contribution in [2.75, 3.05) is 0 Å². The van der Waals surface area contributed by atoms with Crippen LogP contribution in [0.3, 0.4) is 0 Å². The van der Waals surface area contributed by atoms with Gasteiger partial charge in [0.15, 0.2) is 11.6 Å². The van der Waals surface area contributed by atoms with Crippen LogP contribution in [-0.4, -0.2) is 20.0 Å². The van der Waals surface area contributed by atoms with Gasteiger partial charge in [-0.25, -0.2) is 0 Å². The van der Waals surface area contributed by atoms with Gasteiger partial charge in [-0.15, -0.1) is 0 Å². The van der Waals surface area contributed by atoms with E-state index in [2.05, 4.69) is 19.2 Å². The van der Waals surface area contributed by atoms with E-state index in [1.807, 2.05) is 31.2 Å². The highest BCUT2D eigenvalue weighted by molar-refractivity contribution is 7.87. The van der Waals surface area contributed by atoms with Crippen LogP contribution >= 0.6 is 0 Å². The molecule has 0 aromatic heterocycles. The van der Waals surface area contributed by atoms with E-state index in [4.69, 9.17) is 4.18 Å². The number of ketones is 2.